The molecule has 0 bridgehead atoms. The third kappa shape index (κ3) is 4.86. The third-order valence-corrected chi connectivity index (χ3v) is 3.98. The number of rotatable bonds is 6. The molecule has 0 aromatic heterocycles. The Bertz CT molecular complexity index is 565. The van der Waals surface area contributed by atoms with Crippen molar-refractivity contribution in [2.24, 2.45) is 10.9 Å². The summed E-state index contributed by atoms with van der Waals surface area (Å²) in [5, 5.41) is 0. The molecule has 1 atom stereocenters. The van der Waals surface area contributed by atoms with Gasteiger partial charge in [0, 0.05) is 14.2 Å². The zero-order valence-corrected chi connectivity index (χ0v) is 14.0. The van der Waals surface area contributed by atoms with E-state index in [0.717, 1.165) is 12.1 Å². The van der Waals surface area contributed by atoms with Crippen LogP contribution >= 0.6 is 0 Å². The first kappa shape index (κ1) is 17.2. The van der Waals surface area contributed by atoms with Gasteiger partial charge < -0.3 is 0 Å². The van der Waals surface area contributed by atoms with E-state index in [1.165, 1.54) is 22.3 Å². The van der Waals surface area contributed by atoms with Gasteiger partial charge in [-0.05, 0) is 49.8 Å². The molecule has 0 heterocycles. The topological polar surface area (TPSA) is 12.4 Å². The minimum absolute atomic E-state index is 0. The zero-order chi connectivity index (χ0) is 15.8. The molecule has 1 heteroatoms. The van der Waals surface area contributed by atoms with Gasteiger partial charge in [-0.25, -0.2) is 0 Å². The van der Waals surface area contributed by atoms with Crippen LogP contribution in [0.3, 0.4) is 0 Å². The second-order valence-electron chi connectivity index (χ2n) is 5.54. The molecule has 114 valence electrons. The van der Waals surface area contributed by atoms with Crippen LogP contribution < -0.4 is 0 Å². The average molecular weight is 283 g/mol. The van der Waals surface area contributed by atoms with Gasteiger partial charge in [-0.1, -0.05) is 61.6 Å². The summed E-state index contributed by atoms with van der Waals surface area (Å²) >= 11 is 0. The van der Waals surface area contributed by atoms with Crippen LogP contribution in [0, 0.1) is 5.92 Å². The normalized spacial score (nSPS) is 15.5. The minimum atomic E-state index is 0. The first-order chi connectivity index (χ1) is 10.0. The molecule has 0 amide bonds. The highest BCUT2D eigenvalue weighted by molar-refractivity contribution is 6.02. The molecule has 1 aromatic rings. The highest BCUT2D eigenvalue weighted by atomic mass is 14.7. The van der Waals surface area contributed by atoms with Gasteiger partial charge in [0.25, 0.3) is 0 Å². The smallest absolute Gasteiger partial charge is 0.0388 e. The number of allylic oxidation sites excluding steroid dienone is 5. The molecule has 1 nitrogen and oxygen atoms in total. The number of benzene rings is 1. The largest absolute Gasteiger partial charge is 0.293 e. The van der Waals surface area contributed by atoms with Gasteiger partial charge in [-0.15, -0.1) is 0 Å². The predicted molar refractivity (Wildman–Crippen MR) is 97.1 cm³/mol. The Morgan fingerprint density at radius 2 is 1.86 bits per heavy atom. The Labute approximate surface area is 131 Å². The molecule has 1 rings (SSSR count). The first-order valence-electron chi connectivity index (χ1n) is 7.49. The molecule has 0 saturated carbocycles. The Hall–Kier alpha value is -1.89. The van der Waals surface area contributed by atoms with Crippen LogP contribution in [0.25, 0.3) is 0 Å². The third-order valence-electron chi connectivity index (χ3n) is 3.98. The van der Waals surface area contributed by atoms with Crippen molar-refractivity contribution in [3.05, 3.63) is 71.3 Å². The maximum atomic E-state index is 4.39. The van der Waals surface area contributed by atoms with E-state index >= 15 is 0 Å². The van der Waals surface area contributed by atoms with Crippen LogP contribution in [0.2, 0.25) is 0 Å². The van der Waals surface area contributed by atoms with Gasteiger partial charge in [-0.2, -0.15) is 0 Å². The Kier molecular flexibility index (Phi) is 6.87. The monoisotopic (exact) mass is 283 g/mol. The van der Waals surface area contributed by atoms with Crippen molar-refractivity contribution in [2.75, 3.05) is 7.05 Å². The van der Waals surface area contributed by atoms with Crippen molar-refractivity contribution in [1.82, 2.24) is 0 Å². The summed E-state index contributed by atoms with van der Waals surface area (Å²) in [6.45, 7) is 12.5. The molecule has 21 heavy (non-hydrogen) atoms. The SMILES string of the molecule is C=C/C=C(C)\C(C(C)=NC)=C(/C)C(C)Cc1ccccc1.[HH]. The lowest BCUT2D eigenvalue weighted by Crippen LogP contribution is -2.10. The summed E-state index contributed by atoms with van der Waals surface area (Å²) in [5.74, 6) is 0.479. The minimum Gasteiger partial charge on any atom is -0.293 e. The molecule has 1 unspecified atom stereocenters. The van der Waals surface area contributed by atoms with E-state index in [0.29, 0.717) is 5.92 Å². The lowest BCUT2D eigenvalue weighted by Gasteiger charge is -2.19. The molecule has 0 spiro atoms. The molecule has 0 fully saturated rings. The number of aliphatic imine (C=N–C) groups is 1. The Balaban J connectivity index is 0.00000441. The standard InChI is InChI=1S/C20H27N.H2/c1-7-11-15(2)20(18(5)21-6)17(4)16(3)14-19-12-9-8-10-13-19;/h7-13,16H,1,14H2,2-6H3;1H/b15-11-,20-17-,21-18?;. The Morgan fingerprint density at radius 1 is 1.24 bits per heavy atom. The van der Waals surface area contributed by atoms with Gasteiger partial charge in [0.15, 0.2) is 0 Å². The van der Waals surface area contributed by atoms with Gasteiger partial charge in [0.2, 0.25) is 0 Å². The lowest BCUT2D eigenvalue weighted by atomic mass is 9.87. The van der Waals surface area contributed by atoms with Crippen molar-refractivity contribution in [1.29, 1.82) is 0 Å². The summed E-state index contributed by atoms with van der Waals surface area (Å²) < 4.78 is 0. The van der Waals surface area contributed by atoms with E-state index in [-0.39, 0.29) is 1.43 Å². The van der Waals surface area contributed by atoms with E-state index in [2.05, 4.69) is 75.7 Å². The maximum absolute atomic E-state index is 4.39. The molecule has 1 aromatic carbocycles. The zero-order valence-electron chi connectivity index (χ0n) is 14.0. The van der Waals surface area contributed by atoms with Gasteiger partial charge in [0.1, 0.15) is 0 Å². The predicted octanol–water partition coefficient (Wildman–Crippen LogP) is 5.65. The van der Waals surface area contributed by atoms with Crippen LogP contribution in [0.15, 0.2) is 70.8 Å². The second-order valence-corrected chi connectivity index (χ2v) is 5.54. The van der Waals surface area contributed by atoms with Crippen molar-refractivity contribution in [2.45, 2.75) is 34.1 Å². The quantitative estimate of drug-likeness (QED) is 0.472. The second kappa shape index (κ2) is 8.41. The average Bonchev–Trinajstić information content (AvgIpc) is 2.48. The lowest BCUT2D eigenvalue weighted by molar-refractivity contribution is 0.674. The van der Waals surface area contributed by atoms with Crippen molar-refractivity contribution in [3.63, 3.8) is 0 Å². The Morgan fingerprint density at radius 3 is 2.38 bits per heavy atom. The van der Waals surface area contributed by atoms with Crippen molar-refractivity contribution >= 4 is 5.71 Å². The van der Waals surface area contributed by atoms with Gasteiger partial charge >= 0.3 is 0 Å². The molecule has 0 saturated heterocycles. The highest BCUT2D eigenvalue weighted by Gasteiger charge is 2.14. The summed E-state index contributed by atoms with van der Waals surface area (Å²) in [5.41, 5.74) is 6.34. The highest BCUT2D eigenvalue weighted by Crippen LogP contribution is 2.25. The van der Waals surface area contributed by atoms with Crippen molar-refractivity contribution in [3.8, 4) is 0 Å². The van der Waals surface area contributed by atoms with Crippen LogP contribution in [-0.4, -0.2) is 12.8 Å². The first-order valence-corrected chi connectivity index (χ1v) is 7.49. The number of hydrogen-bond acceptors (Lipinski definition) is 1. The van der Waals surface area contributed by atoms with E-state index < -0.39 is 0 Å². The van der Waals surface area contributed by atoms with E-state index in [4.69, 9.17) is 0 Å². The number of nitrogens with zero attached hydrogens (tertiary/aromatic N) is 1. The van der Waals surface area contributed by atoms with Gasteiger partial charge in [-0.3, -0.25) is 4.99 Å². The summed E-state index contributed by atoms with van der Waals surface area (Å²) in [6.07, 6.45) is 4.95. The van der Waals surface area contributed by atoms with E-state index in [9.17, 15) is 0 Å². The summed E-state index contributed by atoms with van der Waals surface area (Å²) in [7, 11) is 1.85. The fourth-order valence-electron chi connectivity index (χ4n) is 2.62. The van der Waals surface area contributed by atoms with Crippen LogP contribution in [0.5, 0.6) is 0 Å². The maximum Gasteiger partial charge on any atom is 0.0388 e. The van der Waals surface area contributed by atoms with Crippen molar-refractivity contribution < 1.29 is 1.43 Å². The summed E-state index contributed by atoms with van der Waals surface area (Å²) in [6, 6.07) is 10.6. The van der Waals surface area contributed by atoms with E-state index in [1.807, 2.05) is 13.1 Å². The number of hydrogen-bond donors (Lipinski definition) is 0. The molecular formula is C20H29N. The molecular weight excluding hydrogens is 254 g/mol. The van der Waals surface area contributed by atoms with Gasteiger partial charge in [0.05, 0.1) is 0 Å². The van der Waals surface area contributed by atoms with Crippen LogP contribution in [-0.2, 0) is 6.42 Å². The fraction of sp³-hybridized carbons (Fsp3) is 0.350. The molecule has 0 N–H and O–H groups in total. The van der Waals surface area contributed by atoms with E-state index in [1.54, 1.807) is 0 Å². The molecule has 0 aliphatic carbocycles. The van der Waals surface area contributed by atoms with Crippen LogP contribution in [0.1, 0.15) is 34.7 Å². The molecule has 0 aliphatic rings. The molecule has 0 aliphatic heterocycles. The molecule has 0 radical (unpaired) electrons. The summed E-state index contributed by atoms with van der Waals surface area (Å²) in [4.78, 5) is 4.39. The van der Waals surface area contributed by atoms with Crippen LogP contribution in [0.4, 0.5) is 0 Å². The fourth-order valence-corrected chi connectivity index (χ4v) is 2.62.